The third-order valence-corrected chi connectivity index (χ3v) is 2.72. The second-order valence-electron chi connectivity index (χ2n) is 4.03. The maximum atomic E-state index is 11.8. The van der Waals surface area contributed by atoms with Gasteiger partial charge in [-0.15, -0.1) is 0 Å². The Morgan fingerprint density at radius 2 is 2.00 bits per heavy atom. The molecule has 0 aliphatic carbocycles. The number of aromatic hydroxyl groups is 1. The molecule has 1 aromatic rings. The minimum atomic E-state index is -1.30. The van der Waals surface area contributed by atoms with Gasteiger partial charge in [-0.1, -0.05) is 11.6 Å². The first kappa shape index (κ1) is 15.8. The number of phenols is 1. The lowest BCUT2D eigenvalue weighted by Crippen LogP contribution is -2.41. The Hall–Kier alpha value is -2.28. The molecule has 20 heavy (non-hydrogen) atoms. The predicted octanol–water partition coefficient (Wildman–Crippen LogP) is 0.494. The van der Waals surface area contributed by atoms with Crippen LogP contribution in [0.1, 0.15) is 23.2 Å². The lowest BCUT2D eigenvalue weighted by molar-refractivity contribution is -0.139. The molecule has 1 atom stereocenters. The maximum absolute atomic E-state index is 11.8. The van der Waals surface area contributed by atoms with E-state index in [1.54, 1.807) is 0 Å². The van der Waals surface area contributed by atoms with Gasteiger partial charge in [0.15, 0.2) is 0 Å². The number of hydrogen-bond donors (Lipinski definition) is 4. The molecular formula is C12H13ClN2O5. The van der Waals surface area contributed by atoms with Gasteiger partial charge in [0.2, 0.25) is 5.91 Å². The summed E-state index contributed by atoms with van der Waals surface area (Å²) in [7, 11) is 0. The van der Waals surface area contributed by atoms with E-state index < -0.39 is 23.8 Å². The summed E-state index contributed by atoms with van der Waals surface area (Å²) in [5.74, 6) is -3.11. The summed E-state index contributed by atoms with van der Waals surface area (Å²) in [5.41, 5.74) is 4.81. The van der Waals surface area contributed by atoms with E-state index in [2.05, 4.69) is 5.32 Å². The van der Waals surface area contributed by atoms with E-state index in [1.807, 2.05) is 0 Å². The van der Waals surface area contributed by atoms with E-state index in [0.717, 1.165) is 6.07 Å². The van der Waals surface area contributed by atoms with Gasteiger partial charge in [-0.3, -0.25) is 9.59 Å². The number of nitrogens with two attached hydrogens (primary N) is 1. The van der Waals surface area contributed by atoms with Crippen LogP contribution in [0.15, 0.2) is 18.2 Å². The SMILES string of the molecule is NC(=O)CC[C@H](NC(=O)c1ccc(Cl)cc1O)C(=O)O. The molecular weight excluding hydrogens is 288 g/mol. The molecule has 8 heteroatoms. The Bertz CT molecular complexity index is 547. The van der Waals surface area contributed by atoms with Crippen LogP contribution in [-0.4, -0.2) is 34.0 Å². The number of aliphatic carboxylic acids is 1. The molecule has 0 heterocycles. The van der Waals surface area contributed by atoms with Gasteiger partial charge in [-0.2, -0.15) is 0 Å². The zero-order valence-electron chi connectivity index (χ0n) is 10.3. The summed E-state index contributed by atoms with van der Waals surface area (Å²) in [4.78, 5) is 33.4. The number of carbonyl (C=O) groups is 3. The highest BCUT2D eigenvalue weighted by molar-refractivity contribution is 6.30. The standard InChI is InChI=1S/C12H13ClN2O5/c13-6-1-2-7(9(16)5-6)11(18)15-8(12(19)20)3-4-10(14)17/h1-2,5,8,16H,3-4H2,(H2,14,17)(H,15,18)(H,19,20)/t8-/m0/s1. The largest absolute Gasteiger partial charge is 0.507 e. The smallest absolute Gasteiger partial charge is 0.326 e. The van der Waals surface area contributed by atoms with Gasteiger partial charge >= 0.3 is 5.97 Å². The summed E-state index contributed by atoms with van der Waals surface area (Å²) in [5, 5.41) is 20.9. The predicted molar refractivity (Wildman–Crippen MR) is 70.4 cm³/mol. The van der Waals surface area contributed by atoms with Crippen LogP contribution < -0.4 is 11.1 Å². The number of rotatable bonds is 6. The highest BCUT2D eigenvalue weighted by Crippen LogP contribution is 2.21. The fourth-order valence-electron chi connectivity index (χ4n) is 1.48. The zero-order chi connectivity index (χ0) is 15.3. The quantitative estimate of drug-likeness (QED) is 0.607. The van der Waals surface area contributed by atoms with Crippen molar-refractivity contribution >= 4 is 29.4 Å². The molecule has 0 fully saturated rings. The summed E-state index contributed by atoms with van der Waals surface area (Å²) in [6.07, 6.45) is -0.311. The first-order chi connectivity index (χ1) is 9.31. The average Bonchev–Trinajstić information content (AvgIpc) is 2.33. The highest BCUT2D eigenvalue weighted by atomic mass is 35.5. The van der Waals surface area contributed by atoms with Gasteiger partial charge in [0.25, 0.3) is 5.91 Å². The van der Waals surface area contributed by atoms with E-state index in [0.29, 0.717) is 0 Å². The van der Waals surface area contributed by atoms with E-state index >= 15 is 0 Å². The number of primary amides is 1. The molecule has 0 saturated carbocycles. The fraction of sp³-hybridized carbons (Fsp3) is 0.250. The monoisotopic (exact) mass is 300 g/mol. The fourth-order valence-corrected chi connectivity index (χ4v) is 1.64. The Kier molecular flexibility index (Phi) is 5.33. The summed E-state index contributed by atoms with van der Waals surface area (Å²) in [6.45, 7) is 0. The number of benzene rings is 1. The second-order valence-corrected chi connectivity index (χ2v) is 4.47. The lowest BCUT2D eigenvalue weighted by atomic mass is 10.1. The Morgan fingerprint density at radius 1 is 1.35 bits per heavy atom. The molecule has 0 aliphatic heterocycles. The van der Waals surface area contributed by atoms with Crippen LogP contribution in [0.5, 0.6) is 5.75 Å². The van der Waals surface area contributed by atoms with Crippen molar-refractivity contribution in [2.45, 2.75) is 18.9 Å². The molecule has 2 amide bonds. The molecule has 0 spiro atoms. The van der Waals surface area contributed by atoms with Crippen molar-refractivity contribution in [3.63, 3.8) is 0 Å². The van der Waals surface area contributed by atoms with E-state index in [1.165, 1.54) is 12.1 Å². The van der Waals surface area contributed by atoms with E-state index in [9.17, 15) is 19.5 Å². The summed E-state index contributed by atoms with van der Waals surface area (Å²) < 4.78 is 0. The van der Waals surface area contributed by atoms with Gasteiger partial charge in [-0.05, 0) is 24.6 Å². The second kappa shape index (κ2) is 6.76. The Morgan fingerprint density at radius 3 is 2.50 bits per heavy atom. The Balaban J connectivity index is 2.80. The van der Waals surface area contributed by atoms with Crippen LogP contribution in [0, 0.1) is 0 Å². The minimum absolute atomic E-state index is 0.111. The van der Waals surface area contributed by atoms with Crippen LogP contribution in [0.25, 0.3) is 0 Å². The number of carboxylic acid groups (broad SMARTS) is 1. The van der Waals surface area contributed by atoms with Gasteiger partial charge in [0.1, 0.15) is 11.8 Å². The van der Waals surface area contributed by atoms with Crippen molar-refractivity contribution in [1.82, 2.24) is 5.32 Å². The number of phenolic OH excluding ortho intramolecular Hbond substituents is 1. The van der Waals surface area contributed by atoms with Crippen molar-refractivity contribution in [3.8, 4) is 5.75 Å². The van der Waals surface area contributed by atoms with Crippen LogP contribution in [0.3, 0.4) is 0 Å². The van der Waals surface area contributed by atoms with E-state index in [4.69, 9.17) is 22.4 Å². The molecule has 0 aromatic heterocycles. The third-order valence-electron chi connectivity index (χ3n) is 2.49. The number of carboxylic acids is 1. The first-order valence-corrected chi connectivity index (χ1v) is 5.99. The molecule has 0 bridgehead atoms. The van der Waals surface area contributed by atoms with Crippen molar-refractivity contribution in [2.75, 3.05) is 0 Å². The molecule has 108 valence electrons. The van der Waals surface area contributed by atoms with Crippen molar-refractivity contribution in [3.05, 3.63) is 28.8 Å². The molecule has 7 nitrogen and oxygen atoms in total. The highest BCUT2D eigenvalue weighted by Gasteiger charge is 2.22. The third kappa shape index (κ3) is 4.43. The molecule has 0 aliphatic rings. The number of halogens is 1. The van der Waals surface area contributed by atoms with Gasteiger partial charge < -0.3 is 21.3 Å². The number of hydrogen-bond acceptors (Lipinski definition) is 4. The Labute approximate surface area is 119 Å². The summed E-state index contributed by atoms with van der Waals surface area (Å²) >= 11 is 5.63. The van der Waals surface area contributed by atoms with Crippen LogP contribution in [0.2, 0.25) is 5.02 Å². The molecule has 1 aromatic carbocycles. The summed E-state index contributed by atoms with van der Waals surface area (Å²) in [6, 6.07) is 2.54. The normalized spacial score (nSPS) is 11.7. The zero-order valence-corrected chi connectivity index (χ0v) is 11.1. The molecule has 0 saturated heterocycles. The van der Waals surface area contributed by atoms with E-state index in [-0.39, 0.29) is 29.2 Å². The first-order valence-electron chi connectivity index (χ1n) is 5.61. The average molecular weight is 301 g/mol. The van der Waals surface area contributed by atoms with Crippen molar-refractivity contribution in [1.29, 1.82) is 0 Å². The topological polar surface area (TPSA) is 130 Å². The lowest BCUT2D eigenvalue weighted by Gasteiger charge is -2.14. The van der Waals surface area contributed by atoms with Gasteiger partial charge in [0.05, 0.1) is 5.56 Å². The van der Waals surface area contributed by atoms with Gasteiger partial charge in [0, 0.05) is 11.4 Å². The number of amides is 2. The molecule has 0 radical (unpaired) electrons. The van der Waals surface area contributed by atoms with Gasteiger partial charge in [-0.25, -0.2) is 4.79 Å². The maximum Gasteiger partial charge on any atom is 0.326 e. The van der Waals surface area contributed by atoms with Crippen LogP contribution >= 0.6 is 11.6 Å². The van der Waals surface area contributed by atoms with Crippen LogP contribution in [-0.2, 0) is 9.59 Å². The molecule has 5 N–H and O–H groups in total. The number of carbonyl (C=O) groups excluding carboxylic acids is 2. The minimum Gasteiger partial charge on any atom is -0.507 e. The molecule has 1 rings (SSSR count). The van der Waals surface area contributed by atoms with Crippen molar-refractivity contribution < 1.29 is 24.6 Å². The van der Waals surface area contributed by atoms with Crippen LogP contribution in [0.4, 0.5) is 0 Å². The van der Waals surface area contributed by atoms with Crippen molar-refractivity contribution in [2.24, 2.45) is 5.73 Å². The molecule has 0 unspecified atom stereocenters. The number of nitrogens with one attached hydrogen (secondary N) is 1.